The second kappa shape index (κ2) is 5.80. The number of urea groups is 1. The zero-order valence-electron chi connectivity index (χ0n) is 11.1. The number of nitrogens with zero attached hydrogens (tertiary/aromatic N) is 1. The largest absolute Gasteiger partial charge is 0.456 e. The van der Waals surface area contributed by atoms with Crippen molar-refractivity contribution in [3.05, 3.63) is 42.6 Å². The number of pyridine rings is 1. The number of hydrogen-bond acceptors (Lipinski definition) is 5. The van der Waals surface area contributed by atoms with Crippen molar-refractivity contribution in [3.63, 3.8) is 0 Å². The molecule has 0 aliphatic rings. The van der Waals surface area contributed by atoms with Gasteiger partial charge < -0.3 is 10.5 Å². The summed E-state index contributed by atoms with van der Waals surface area (Å²) in [5.41, 5.74) is 4.96. The average molecular weight is 307 g/mol. The number of anilines is 1. The summed E-state index contributed by atoms with van der Waals surface area (Å²) < 4.78 is 28.2. The number of aromatic nitrogens is 1. The molecule has 2 rings (SSSR count). The summed E-state index contributed by atoms with van der Waals surface area (Å²) in [4.78, 5) is 14.8. The highest BCUT2D eigenvalue weighted by molar-refractivity contribution is 7.90. The maximum Gasteiger partial charge on any atom is 0.317 e. The third-order valence-corrected chi connectivity index (χ3v) is 3.60. The van der Waals surface area contributed by atoms with Gasteiger partial charge in [-0.15, -0.1) is 0 Å². The molecule has 1 aromatic carbocycles. The molecule has 0 saturated heterocycles. The van der Waals surface area contributed by atoms with Crippen molar-refractivity contribution in [1.82, 2.24) is 4.98 Å². The molecule has 0 spiro atoms. The first-order chi connectivity index (χ1) is 9.84. The summed E-state index contributed by atoms with van der Waals surface area (Å²) in [6, 6.07) is 8.45. The molecule has 7 nitrogen and oxygen atoms in total. The Kier molecular flexibility index (Phi) is 4.08. The number of carbonyl (C=O) groups excluding carboxylic acids is 1. The molecule has 0 fully saturated rings. The van der Waals surface area contributed by atoms with Crippen molar-refractivity contribution in [2.24, 2.45) is 5.73 Å². The highest BCUT2D eigenvalue weighted by Crippen LogP contribution is 2.23. The molecule has 0 bridgehead atoms. The number of amides is 2. The van der Waals surface area contributed by atoms with Crippen molar-refractivity contribution in [2.45, 2.75) is 4.90 Å². The van der Waals surface area contributed by atoms with Crippen molar-refractivity contribution in [1.29, 1.82) is 0 Å². The lowest BCUT2D eigenvalue weighted by Gasteiger charge is -2.07. The van der Waals surface area contributed by atoms with Crippen LogP contribution in [-0.2, 0) is 9.84 Å². The van der Waals surface area contributed by atoms with Crippen molar-refractivity contribution in [2.75, 3.05) is 11.6 Å². The van der Waals surface area contributed by atoms with E-state index in [2.05, 4.69) is 10.3 Å². The van der Waals surface area contributed by atoms with Gasteiger partial charge in [-0.3, -0.25) is 5.32 Å². The van der Waals surface area contributed by atoms with Crippen molar-refractivity contribution in [3.8, 4) is 11.5 Å². The summed E-state index contributed by atoms with van der Waals surface area (Å²) in [6.07, 6.45) is 2.55. The van der Waals surface area contributed by atoms with Crippen LogP contribution in [0.15, 0.2) is 47.5 Å². The van der Waals surface area contributed by atoms with Crippen LogP contribution in [0.2, 0.25) is 0 Å². The van der Waals surface area contributed by atoms with Crippen LogP contribution < -0.4 is 15.8 Å². The summed E-state index contributed by atoms with van der Waals surface area (Å²) in [5, 5.41) is 2.33. The first-order valence-electron chi connectivity index (χ1n) is 5.85. The highest BCUT2D eigenvalue weighted by atomic mass is 32.2. The molecule has 2 aromatic rings. The van der Waals surface area contributed by atoms with Gasteiger partial charge in [-0.1, -0.05) is 0 Å². The number of hydrogen-bond donors (Lipinski definition) is 2. The van der Waals surface area contributed by atoms with E-state index in [-0.39, 0.29) is 4.90 Å². The first kappa shape index (κ1) is 14.8. The molecule has 0 atom stereocenters. The summed E-state index contributed by atoms with van der Waals surface area (Å²) in [5.74, 6) is 1.22. The topological polar surface area (TPSA) is 111 Å². The minimum absolute atomic E-state index is 0.217. The van der Waals surface area contributed by atoms with Gasteiger partial charge in [0.25, 0.3) is 0 Å². The van der Waals surface area contributed by atoms with Crippen LogP contribution in [0.1, 0.15) is 0 Å². The van der Waals surface area contributed by atoms with E-state index in [4.69, 9.17) is 10.5 Å². The molecule has 0 aliphatic carbocycles. The van der Waals surface area contributed by atoms with Crippen LogP contribution in [0.5, 0.6) is 11.5 Å². The standard InChI is InChI=1S/C13H13N3O4S/c1-21(18,19)11-5-2-9(3-6-11)20-10-4-7-12(15-8-10)16-13(14)17/h2-8H,1H3,(H3,14,15,16,17). The van der Waals surface area contributed by atoms with Crippen LogP contribution >= 0.6 is 0 Å². The van der Waals surface area contributed by atoms with Gasteiger partial charge in [-0.2, -0.15) is 0 Å². The molecule has 110 valence electrons. The lowest BCUT2D eigenvalue weighted by Crippen LogP contribution is -2.19. The molecule has 0 unspecified atom stereocenters. The molecule has 1 aromatic heterocycles. The van der Waals surface area contributed by atoms with Gasteiger partial charge in [0.2, 0.25) is 0 Å². The fourth-order valence-electron chi connectivity index (χ4n) is 1.53. The minimum Gasteiger partial charge on any atom is -0.456 e. The smallest absolute Gasteiger partial charge is 0.317 e. The third-order valence-electron chi connectivity index (χ3n) is 2.48. The van der Waals surface area contributed by atoms with Gasteiger partial charge in [0.05, 0.1) is 11.1 Å². The van der Waals surface area contributed by atoms with Crippen LogP contribution in [0.3, 0.4) is 0 Å². The van der Waals surface area contributed by atoms with Crippen LogP contribution in [-0.4, -0.2) is 25.7 Å². The van der Waals surface area contributed by atoms with Crippen molar-refractivity contribution >= 4 is 21.7 Å². The SMILES string of the molecule is CS(=O)(=O)c1ccc(Oc2ccc(NC(N)=O)nc2)cc1. The predicted octanol–water partition coefficient (Wildman–Crippen LogP) is 1.77. The van der Waals surface area contributed by atoms with E-state index in [9.17, 15) is 13.2 Å². The number of sulfone groups is 1. The van der Waals surface area contributed by atoms with Gasteiger partial charge in [-0.05, 0) is 36.4 Å². The molecular weight excluding hydrogens is 294 g/mol. The van der Waals surface area contributed by atoms with E-state index >= 15 is 0 Å². The third kappa shape index (κ3) is 4.18. The summed E-state index contributed by atoms with van der Waals surface area (Å²) in [7, 11) is -3.23. The number of benzene rings is 1. The summed E-state index contributed by atoms with van der Waals surface area (Å²) in [6.45, 7) is 0. The number of ether oxygens (including phenoxy) is 1. The van der Waals surface area contributed by atoms with Gasteiger partial charge >= 0.3 is 6.03 Å². The monoisotopic (exact) mass is 307 g/mol. The number of nitrogens with one attached hydrogen (secondary N) is 1. The Morgan fingerprint density at radius 2 is 1.76 bits per heavy atom. The molecule has 3 N–H and O–H groups in total. The normalized spacial score (nSPS) is 10.9. The fraction of sp³-hybridized carbons (Fsp3) is 0.0769. The maximum atomic E-state index is 11.3. The van der Waals surface area contributed by atoms with E-state index in [1.807, 2.05) is 0 Å². The first-order valence-corrected chi connectivity index (χ1v) is 7.74. The van der Waals surface area contributed by atoms with Gasteiger partial charge in [0.1, 0.15) is 17.3 Å². The van der Waals surface area contributed by atoms with Gasteiger partial charge in [0, 0.05) is 6.26 Å². The minimum atomic E-state index is -3.23. The molecule has 21 heavy (non-hydrogen) atoms. The molecule has 8 heteroatoms. The van der Waals surface area contributed by atoms with E-state index in [1.54, 1.807) is 18.2 Å². The molecule has 0 saturated carbocycles. The quantitative estimate of drug-likeness (QED) is 0.894. The number of rotatable bonds is 4. The molecular formula is C13H13N3O4S. The Balaban J connectivity index is 2.09. The predicted molar refractivity (Wildman–Crippen MR) is 77.1 cm³/mol. The Morgan fingerprint density at radius 3 is 2.24 bits per heavy atom. The van der Waals surface area contributed by atoms with Crippen LogP contribution in [0.25, 0.3) is 0 Å². The number of nitrogens with two attached hydrogens (primary N) is 1. The van der Waals surface area contributed by atoms with Crippen molar-refractivity contribution < 1.29 is 17.9 Å². The van der Waals surface area contributed by atoms with Gasteiger partial charge in [0.15, 0.2) is 9.84 Å². The zero-order chi connectivity index (χ0) is 15.5. The Hall–Kier alpha value is -2.61. The number of carbonyl (C=O) groups is 1. The summed E-state index contributed by atoms with van der Waals surface area (Å²) >= 11 is 0. The number of primary amides is 1. The van der Waals surface area contributed by atoms with E-state index in [0.29, 0.717) is 17.3 Å². The molecule has 2 amide bonds. The second-order valence-corrected chi connectivity index (χ2v) is 6.23. The zero-order valence-corrected chi connectivity index (χ0v) is 11.9. The Bertz CT molecular complexity index is 740. The lowest BCUT2D eigenvalue weighted by atomic mass is 10.3. The van der Waals surface area contributed by atoms with E-state index in [0.717, 1.165) is 6.26 Å². The molecule has 0 aliphatic heterocycles. The van der Waals surface area contributed by atoms with Crippen LogP contribution in [0, 0.1) is 0 Å². The van der Waals surface area contributed by atoms with E-state index in [1.165, 1.54) is 24.4 Å². The molecule has 0 radical (unpaired) electrons. The van der Waals surface area contributed by atoms with Gasteiger partial charge in [-0.25, -0.2) is 18.2 Å². The van der Waals surface area contributed by atoms with Crippen LogP contribution in [0.4, 0.5) is 10.6 Å². The fourth-order valence-corrected chi connectivity index (χ4v) is 2.16. The lowest BCUT2D eigenvalue weighted by molar-refractivity contribution is 0.259. The Morgan fingerprint density at radius 1 is 1.14 bits per heavy atom. The van der Waals surface area contributed by atoms with E-state index < -0.39 is 15.9 Å². The maximum absolute atomic E-state index is 11.3. The molecule has 1 heterocycles. The highest BCUT2D eigenvalue weighted by Gasteiger charge is 2.07. The average Bonchev–Trinajstić information content (AvgIpc) is 2.40. The second-order valence-electron chi connectivity index (χ2n) is 4.21. The Labute approximate surface area is 121 Å².